The molecule has 2 N–H and O–H groups in total. The molecule has 1 aliphatic heterocycles. The lowest BCUT2D eigenvalue weighted by Gasteiger charge is -2.32. The van der Waals surface area contributed by atoms with E-state index in [1.807, 2.05) is 73.0 Å². The Kier molecular flexibility index (Phi) is 10.4. The van der Waals surface area contributed by atoms with Crippen LogP contribution in [0.3, 0.4) is 0 Å². The summed E-state index contributed by atoms with van der Waals surface area (Å²) in [7, 11) is 0. The van der Waals surface area contributed by atoms with E-state index >= 15 is 0 Å². The standard InChI is InChI=1S/C34H34Cl2N6O3S/c1-22(41-13-15-44-16-14-41)38-20-24-17-27(35)30(28(36)18-24)33-40-31(32(42(33)43)29-11-12-37-34(39-29)46-2)25-9-6-10-26(19-25)45-21-23-7-4-3-5-8-23/h3-12,17-19,22,38,43H,13-16,20-21H2,1-2H3. The quantitative estimate of drug-likeness (QED) is 0.0849. The van der Waals surface area contributed by atoms with Crippen LogP contribution in [0.2, 0.25) is 10.0 Å². The van der Waals surface area contributed by atoms with Gasteiger partial charge in [0, 0.05) is 31.4 Å². The molecule has 5 aromatic rings. The Hall–Kier alpha value is -3.64. The first kappa shape index (κ1) is 32.3. The second kappa shape index (κ2) is 14.8. The Morgan fingerprint density at radius 2 is 1.74 bits per heavy atom. The average Bonchev–Trinajstić information content (AvgIpc) is 3.43. The minimum Gasteiger partial charge on any atom is -0.489 e. The van der Waals surface area contributed by atoms with Crippen molar-refractivity contribution in [3.63, 3.8) is 0 Å². The number of nitrogens with one attached hydrogen (secondary N) is 1. The number of morpholine rings is 1. The van der Waals surface area contributed by atoms with Crippen molar-refractivity contribution in [1.82, 2.24) is 29.9 Å². The summed E-state index contributed by atoms with van der Waals surface area (Å²) < 4.78 is 12.6. The van der Waals surface area contributed by atoms with Gasteiger partial charge in [-0.1, -0.05) is 77.4 Å². The smallest absolute Gasteiger partial charge is 0.187 e. The van der Waals surface area contributed by atoms with Gasteiger partial charge in [-0.3, -0.25) is 10.2 Å². The van der Waals surface area contributed by atoms with Crippen molar-refractivity contribution >= 4 is 35.0 Å². The van der Waals surface area contributed by atoms with Gasteiger partial charge in [-0.15, -0.1) is 0 Å². The molecule has 3 aromatic carbocycles. The van der Waals surface area contributed by atoms with E-state index in [4.69, 9.17) is 37.7 Å². The molecule has 1 atom stereocenters. The molecule has 1 fully saturated rings. The van der Waals surface area contributed by atoms with E-state index in [2.05, 4.69) is 27.1 Å². The number of hydrogen-bond donors (Lipinski definition) is 2. The number of halogens is 2. The third-order valence-electron chi connectivity index (χ3n) is 7.79. The molecule has 9 nitrogen and oxygen atoms in total. The lowest BCUT2D eigenvalue weighted by molar-refractivity contribution is 0.0128. The molecule has 1 aliphatic rings. The van der Waals surface area contributed by atoms with Crippen LogP contribution >= 0.6 is 35.0 Å². The summed E-state index contributed by atoms with van der Waals surface area (Å²) in [5.41, 5.74) is 4.48. The average molecular weight is 678 g/mol. The molecule has 0 spiro atoms. The number of imidazole rings is 1. The highest BCUT2D eigenvalue weighted by Gasteiger charge is 2.26. The molecule has 0 radical (unpaired) electrons. The van der Waals surface area contributed by atoms with Crippen molar-refractivity contribution in [2.45, 2.75) is 31.4 Å². The summed E-state index contributed by atoms with van der Waals surface area (Å²) in [6.07, 6.45) is 3.71. The fourth-order valence-electron chi connectivity index (χ4n) is 5.35. The van der Waals surface area contributed by atoms with E-state index in [-0.39, 0.29) is 12.0 Å². The zero-order chi connectivity index (χ0) is 32.0. The minimum atomic E-state index is 0.161. The third kappa shape index (κ3) is 7.33. The Balaban J connectivity index is 1.35. The predicted octanol–water partition coefficient (Wildman–Crippen LogP) is 7.29. The lowest BCUT2D eigenvalue weighted by atomic mass is 10.1. The number of aromatic nitrogens is 4. The molecule has 0 amide bonds. The largest absolute Gasteiger partial charge is 0.489 e. The number of rotatable bonds is 11. The molecular weight excluding hydrogens is 643 g/mol. The van der Waals surface area contributed by atoms with Gasteiger partial charge < -0.3 is 14.7 Å². The molecule has 0 bridgehead atoms. The number of hydrogen-bond acceptors (Lipinski definition) is 9. The Morgan fingerprint density at radius 3 is 2.48 bits per heavy atom. The van der Waals surface area contributed by atoms with Crippen molar-refractivity contribution in [2.24, 2.45) is 0 Å². The molecule has 12 heteroatoms. The van der Waals surface area contributed by atoms with E-state index in [9.17, 15) is 5.21 Å². The summed E-state index contributed by atoms with van der Waals surface area (Å²) in [6.45, 7) is 6.33. The highest BCUT2D eigenvalue weighted by Crippen LogP contribution is 2.41. The summed E-state index contributed by atoms with van der Waals surface area (Å²) in [5, 5.41) is 16.6. The number of benzene rings is 3. The molecular formula is C34H34Cl2N6O3S. The summed E-state index contributed by atoms with van der Waals surface area (Å²) in [5.74, 6) is 0.856. The first-order chi connectivity index (χ1) is 22.4. The monoisotopic (exact) mass is 676 g/mol. The van der Waals surface area contributed by atoms with Crippen LogP contribution in [0, 0.1) is 0 Å². The Bertz CT molecular complexity index is 1780. The van der Waals surface area contributed by atoms with Gasteiger partial charge in [0.2, 0.25) is 0 Å². The molecule has 0 aliphatic carbocycles. The van der Waals surface area contributed by atoms with Crippen LogP contribution in [-0.4, -0.2) is 68.5 Å². The van der Waals surface area contributed by atoms with Crippen molar-refractivity contribution in [1.29, 1.82) is 0 Å². The van der Waals surface area contributed by atoms with Gasteiger partial charge in [0.25, 0.3) is 0 Å². The Morgan fingerprint density at radius 1 is 0.978 bits per heavy atom. The fourth-order valence-corrected chi connectivity index (χ4v) is 6.41. The van der Waals surface area contributed by atoms with Gasteiger partial charge in [-0.05, 0) is 54.6 Å². The minimum absolute atomic E-state index is 0.161. The second-order valence-corrected chi connectivity index (χ2v) is 12.4. The molecule has 238 valence electrons. The topological polar surface area (TPSA) is 97.6 Å². The molecule has 1 saturated heterocycles. The van der Waals surface area contributed by atoms with Crippen LogP contribution in [-0.2, 0) is 17.9 Å². The maximum Gasteiger partial charge on any atom is 0.187 e. The normalized spacial score (nSPS) is 14.3. The number of nitrogens with zero attached hydrogens (tertiary/aromatic N) is 5. The maximum atomic E-state index is 11.7. The maximum absolute atomic E-state index is 11.7. The van der Waals surface area contributed by atoms with Crippen LogP contribution < -0.4 is 10.1 Å². The second-order valence-electron chi connectivity index (χ2n) is 10.8. The molecule has 3 heterocycles. The van der Waals surface area contributed by atoms with Gasteiger partial charge in [-0.2, -0.15) is 4.73 Å². The molecule has 2 aromatic heterocycles. The van der Waals surface area contributed by atoms with Crippen LogP contribution in [0.1, 0.15) is 18.1 Å². The van der Waals surface area contributed by atoms with Crippen LogP contribution in [0.4, 0.5) is 0 Å². The highest BCUT2D eigenvalue weighted by atomic mass is 35.5. The van der Waals surface area contributed by atoms with Gasteiger partial charge >= 0.3 is 0 Å². The van der Waals surface area contributed by atoms with Gasteiger partial charge in [-0.25, -0.2) is 15.0 Å². The van der Waals surface area contributed by atoms with Crippen LogP contribution in [0.15, 0.2) is 84.1 Å². The van der Waals surface area contributed by atoms with Crippen molar-refractivity contribution in [3.05, 3.63) is 100 Å². The lowest BCUT2D eigenvalue weighted by Crippen LogP contribution is -2.48. The van der Waals surface area contributed by atoms with Crippen LogP contribution in [0.5, 0.6) is 5.75 Å². The first-order valence-electron chi connectivity index (χ1n) is 14.9. The van der Waals surface area contributed by atoms with Crippen LogP contribution in [0.25, 0.3) is 34.0 Å². The van der Waals surface area contributed by atoms with Crippen molar-refractivity contribution in [3.8, 4) is 39.8 Å². The van der Waals surface area contributed by atoms with E-state index < -0.39 is 0 Å². The van der Waals surface area contributed by atoms with Crippen molar-refractivity contribution < 1.29 is 14.7 Å². The fraction of sp³-hybridized carbons (Fsp3) is 0.265. The molecule has 0 saturated carbocycles. The summed E-state index contributed by atoms with van der Waals surface area (Å²) in [4.78, 5) is 16.2. The van der Waals surface area contributed by atoms with E-state index in [1.54, 1.807) is 12.3 Å². The van der Waals surface area contributed by atoms with Gasteiger partial charge in [0.15, 0.2) is 11.0 Å². The summed E-state index contributed by atoms with van der Waals surface area (Å²) in [6, 6.07) is 23.0. The van der Waals surface area contributed by atoms with Gasteiger partial charge in [0.1, 0.15) is 23.7 Å². The van der Waals surface area contributed by atoms with Gasteiger partial charge in [0.05, 0.1) is 40.7 Å². The van der Waals surface area contributed by atoms with Crippen molar-refractivity contribution in [2.75, 3.05) is 32.6 Å². The predicted molar refractivity (Wildman–Crippen MR) is 183 cm³/mol. The molecule has 6 rings (SSSR count). The van der Waals surface area contributed by atoms with E-state index in [1.165, 1.54) is 11.8 Å². The zero-order valence-corrected chi connectivity index (χ0v) is 27.8. The Labute approximate surface area is 282 Å². The summed E-state index contributed by atoms with van der Waals surface area (Å²) >= 11 is 15.2. The van der Waals surface area contributed by atoms with E-state index in [0.29, 0.717) is 56.7 Å². The zero-order valence-electron chi connectivity index (χ0n) is 25.5. The SMILES string of the molecule is CSc1nccc(-c2c(-c3cccc(OCc4ccccc4)c3)nc(-c3c(Cl)cc(CNC(C)N4CCOCC4)cc3Cl)n2O)n1. The number of thioether (sulfide) groups is 1. The third-order valence-corrected chi connectivity index (χ3v) is 8.95. The van der Waals surface area contributed by atoms with E-state index in [0.717, 1.165) is 47.7 Å². The number of ether oxygens (including phenoxy) is 2. The highest BCUT2D eigenvalue weighted by molar-refractivity contribution is 7.98. The molecule has 46 heavy (non-hydrogen) atoms. The molecule has 1 unspecified atom stereocenters. The first-order valence-corrected chi connectivity index (χ1v) is 16.9.